The molecule has 2 unspecified atom stereocenters. The lowest BCUT2D eigenvalue weighted by molar-refractivity contribution is 0.600. The molecule has 0 saturated carbocycles. The maximum absolute atomic E-state index is 4.41. The van der Waals surface area contributed by atoms with Gasteiger partial charge in [0, 0.05) is 11.3 Å². The van der Waals surface area contributed by atoms with Crippen molar-refractivity contribution in [2.75, 3.05) is 6.54 Å². The molecule has 1 N–H and O–H groups in total. The lowest BCUT2D eigenvalue weighted by Gasteiger charge is -2.13. The van der Waals surface area contributed by atoms with E-state index >= 15 is 0 Å². The van der Waals surface area contributed by atoms with Crippen LogP contribution >= 0.6 is 11.8 Å². The minimum Gasteiger partial charge on any atom is -0.362 e. The zero-order chi connectivity index (χ0) is 8.97. The van der Waals surface area contributed by atoms with Gasteiger partial charge in [-0.1, -0.05) is 32.0 Å². The van der Waals surface area contributed by atoms with Gasteiger partial charge in [-0.15, -0.1) is 0 Å². The van der Waals surface area contributed by atoms with Crippen LogP contribution in [0.1, 0.15) is 33.6 Å². The largest absolute Gasteiger partial charge is 0.362 e. The number of amidine groups is 1. The van der Waals surface area contributed by atoms with Gasteiger partial charge in [0.05, 0.1) is 6.54 Å². The highest BCUT2D eigenvalue weighted by Crippen LogP contribution is 2.19. The molecule has 1 aliphatic heterocycles. The number of nitrogens with zero attached hydrogens (tertiary/aromatic N) is 1. The molecule has 0 aromatic rings. The number of aliphatic imine (C=N–C) groups is 1. The van der Waals surface area contributed by atoms with Gasteiger partial charge < -0.3 is 5.32 Å². The molecule has 1 aliphatic rings. The summed E-state index contributed by atoms with van der Waals surface area (Å²) in [5.74, 6) is 0. The Bertz CT molecular complexity index is 168. The summed E-state index contributed by atoms with van der Waals surface area (Å²) in [7, 11) is 0. The van der Waals surface area contributed by atoms with E-state index in [0.717, 1.165) is 11.7 Å². The molecule has 0 aromatic carbocycles. The van der Waals surface area contributed by atoms with Crippen molar-refractivity contribution < 1.29 is 0 Å². The molecular formula is C9H18N2S. The predicted octanol–water partition coefficient (Wildman–Crippen LogP) is 2.26. The van der Waals surface area contributed by atoms with Crippen molar-refractivity contribution in [1.82, 2.24) is 5.32 Å². The summed E-state index contributed by atoms with van der Waals surface area (Å²) in [6.45, 7) is 7.62. The highest BCUT2D eigenvalue weighted by molar-refractivity contribution is 8.14. The van der Waals surface area contributed by atoms with E-state index in [2.05, 4.69) is 31.1 Å². The van der Waals surface area contributed by atoms with Crippen LogP contribution in [-0.2, 0) is 0 Å². The summed E-state index contributed by atoms with van der Waals surface area (Å²) < 4.78 is 0. The third-order valence-corrected chi connectivity index (χ3v) is 2.92. The standard InChI is InChI=1S/C9H18N2S/c1-4-5-7(2)11-9-10-6-8(3)12-9/h7-8H,4-6H2,1-3H3,(H,10,11). The van der Waals surface area contributed by atoms with Crippen molar-refractivity contribution in [3.63, 3.8) is 0 Å². The van der Waals surface area contributed by atoms with Crippen molar-refractivity contribution in [3.8, 4) is 0 Å². The van der Waals surface area contributed by atoms with Crippen molar-refractivity contribution in [1.29, 1.82) is 0 Å². The fourth-order valence-corrected chi connectivity index (χ4v) is 2.22. The van der Waals surface area contributed by atoms with E-state index in [-0.39, 0.29) is 0 Å². The van der Waals surface area contributed by atoms with Gasteiger partial charge in [0.2, 0.25) is 0 Å². The van der Waals surface area contributed by atoms with Gasteiger partial charge in [-0.05, 0) is 13.3 Å². The average molecular weight is 186 g/mol. The topological polar surface area (TPSA) is 24.4 Å². The van der Waals surface area contributed by atoms with Gasteiger partial charge in [-0.25, -0.2) is 0 Å². The van der Waals surface area contributed by atoms with Crippen molar-refractivity contribution in [2.45, 2.75) is 44.9 Å². The Kier molecular flexibility index (Phi) is 3.92. The van der Waals surface area contributed by atoms with Crippen LogP contribution in [0.5, 0.6) is 0 Å². The molecule has 0 spiro atoms. The van der Waals surface area contributed by atoms with Gasteiger partial charge in [0.1, 0.15) is 0 Å². The third-order valence-electron chi connectivity index (χ3n) is 1.90. The highest BCUT2D eigenvalue weighted by atomic mass is 32.2. The molecule has 0 amide bonds. The second kappa shape index (κ2) is 4.75. The lowest BCUT2D eigenvalue weighted by atomic mass is 10.2. The maximum atomic E-state index is 4.41. The number of hydrogen-bond acceptors (Lipinski definition) is 3. The van der Waals surface area contributed by atoms with Crippen LogP contribution < -0.4 is 5.32 Å². The molecule has 0 saturated heterocycles. The smallest absolute Gasteiger partial charge is 0.157 e. The number of rotatable bonds is 3. The van der Waals surface area contributed by atoms with E-state index < -0.39 is 0 Å². The van der Waals surface area contributed by atoms with Crippen LogP contribution in [-0.4, -0.2) is 23.0 Å². The monoisotopic (exact) mass is 186 g/mol. The van der Waals surface area contributed by atoms with Gasteiger partial charge in [0.25, 0.3) is 0 Å². The summed E-state index contributed by atoms with van der Waals surface area (Å²) in [4.78, 5) is 4.41. The molecule has 0 fully saturated rings. The molecule has 0 radical (unpaired) electrons. The van der Waals surface area contributed by atoms with Crippen LogP contribution in [0.25, 0.3) is 0 Å². The summed E-state index contributed by atoms with van der Waals surface area (Å²) in [5, 5.41) is 5.23. The first-order chi connectivity index (χ1) is 5.72. The number of hydrogen-bond donors (Lipinski definition) is 1. The quantitative estimate of drug-likeness (QED) is 0.731. The van der Waals surface area contributed by atoms with Crippen LogP contribution in [0, 0.1) is 0 Å². The van der Waals surface area contributed by atoms with Crippen molar-refractivity contribution in [3.05, 3.63) is 0 Å². The fourth-order valence-electron chi connectivity index (χ4n) is 1.27. The fraction of sp³-hybridized carbons (Fsp3) is 0.889. The first kappa shape index (κ1) is 9.90. The Labute approximate surface area is 79.2 Å². The molecule has 0 aliphatic carbocycles. The molecule has 2 atom stereocenters. The van der Waals surface area contributed by atoms with Crippen molar-refractivity contribution in [2.24, 2.45) is 4.99 Å². The summed E-state index contributed by atoms with van der Waals surface area (Å²) in [6.07, 6.45) is 2.47. The Balaban J connectivity index is 2.22. The Morgan fingerprint density at radius 1 is 1.75 bits per heavy atom. The zero-order valence-corrected chi connectivity index (χ0v) is 8.95. The Hall–Kier alpha value is -0.180. The Morgan fingerprint density at radius 2 is 2.50 bits per heavy atom. The Morgan fingerprint density at radius 3 is 3.00 bits per heavy atom. The molecule has 2 nitrogen and oxygen atoms in total. The van der Waals surface area contributed by atoms with E-state index in [9.17, 15) is 0 Å². The van der Waals surface area contributed by atoms with Crippen LogP contribution in [0.15, 0.2) is 4.99 Å². The molecule has 0 aromatic heterocycles. The molecule has 12 heavy (non-hydrogen) atoms. The first-order valence-corrected chi connectivity index (χ1v) is 5.58. The third kappa shape index (κ3) is 3.05. The number of nitrogens with one attached hydrogen (secondary N) is 1. The van der Waals surface area contributed by atoms with Crippen LogP contribution in [0.3, 0.4) is 0 Å². The lowest BCUT2D eigenvalue weighted by Crippen LogP contribution is -2.29. The molecule has 1 heterocycles. The summed E-state index contributed by atoms with van der Waals surface area (Å²) in [5.41, 5.74) is 0. The highest BCUT2D eigenvalue weighted by Gasteiger charge is 2.15. The SMILES string of the molecule is CCCC(C)NC1=NCC(C)S1. The van der Waals surface area contributed by atoms with Gasteiger partial charge in [-0.3, -0.25) is 4.99 Å². The van der Waals surface area contributed by atoms with E-state index in [1.807, 2.05) is 11.8 Å². The predicted molar refractivity (Wildman–Crippen MR) is 56.9 cm³/mol. The first-order valence-electron chi connectivity index (χ1n) is 4.70. The van der Waals surface area contributed by atoms with Crippen LogP contribution in [0.4, 0.5) is 0 Å². The average Bonchev–Trinajstić information content (AvgIpc) is 2.36. The summed E-state index contributed by atoms with van der Waals surface area (Å²) in [6, 6.07) is 0.576. The van der Waals surface area contributed by atoms with E-state index in [4.69, 9.17) is 0 Å². The zero-order valence-electron chi connectivity index (χ0n) is 8.13. The van der Waals surface area contributed by atoms with E-state index in [1.54, 1.807) is 0 Å². The van der Waals surface area contributed by atoms with Gasteiger partial charge in [-0.2, -0.15) is 0 Å². The molecule has 70 valence electrons. The van der Waals surface area contributed by atoms with Gasteiger partial charge >= 0.3 is 0 Å². The van der Waals surface area contributed by atoms with Crippen LogP contribution in [0.2, 0.25) is 0 Å². The number of thioether (sulfide) groups is 1. The normalized spacial score (nSPS) is 25.2. The summed E-state index contributed by atoms with van der Waals surface area (Å²) >= 11 is 1.86. The van der Waals surface area contributed by atoms with E-state index in [0.29, 0.717) is 11.3 Å². The molecular weight excluding hydrogens is 168 g/mol. The van der Waals surface area contributed by atoms with Crippen molar-refractivity contribution >= 4 is 16.9 Å². The minimum absolute atomic E-state index is 0.576. The molecule has 3 heteroatoms. The second-order valence-electron chi connectivity index (χ2n) is 3.41. The van der Waals surface area contributed by atoms with E-state index in [1.165, 1.54) is 12.8 Å². The molecule has 1 rings (SSSR count). The second-order valence-corrected chi connectivity index (χ2v) is 4.84. The minimum atomic E-state index is 0.576. The molecule has 0 bridgehead atoms. The van der Waals surface area contributed by atoms with Gasteiger partial charge in [0.15, 0.2) is 5.17 Å². The maximum Gasteiger partial charge on any atom is 0.157 e.